The first-order valence-electron chi connectivity index (χ1n) is 7.19. The lowest BCUT2D eigenvalue weighted by molar-refractivity contribution is 0.0949. The molecule has 1 aromatic heterocycles. The van der Waals surface area contributed by atoms with Crippen LogP contribution in [0.3, 0.4) is 0 Å². The Hall–Kier alpha value is -1.26. The third-order valence-electron chi connectivity index (χ3n) is 3.09. The van der Waals surface area contributed by atoms with Crippen LogP contribution >= 0.6 is 23.1 Å². The van der Waals surface area contributed by atoms with E-state index in [1.807, 2.05) is 24.3 Å². The molecule has 1 N–H and O–H groups in total. The molecule has 0 unspecified atom stereocenters. The van der Waals surface area contributed by atoms with Gasteiger partial charge < -0.3 is 5.32 Å². The summed E-state index contributed by atoms with van der Waals surface area (Å²) in [4.78, 5) is 14.7. The van der Waals surface area contributed by atoms with Crippen LogP contribution in [0.15, 0.2) is 46.7 Å². The Morgan fingerprint density at radius 2 is 2.05 bits per heavy atom. The van der Waals surface area contributed by atoms with Gasteiger partial charge in [0, 0.05) is 22.1 Å². The number of hydrogen-bond donors (Lipinski definition) is 1. The van der Waals surface area contributed by atoms with Crippen molar-refractivity contribution in [3.05, 3.63) is 52.2 Å². The minimum atomic E-state index is 0.0323. The minimum Gasteiger partial charge on any atom is -0.352 e. The minimum absolute atomic E-state index is 0.0323. The molecule has 2 aromatic rings. The van der Waals surface area contributed by atoms with Crippen molar-refractivity contribution in [3.63, 3.8) is 0 Å². The average Bonchev–Trinajstić information content (AvgIpc) is 2.98. The van der Waals surface area contributed by atoms with Crippen LogP contribution in [0.4, 0.5) is 0 Å². The Bertz CT molecular complexity index is 564. The van der Waals surface area contributed by atoms with Crippen LogP contribution in [0, 0.1) is 5.92 Å². The molecular formula is C17H21NOS2. The summed E-state index contributed by atoms with van der Waals surface area (Å²) in [6.45, 7) is 5.06. The first kappa shape index (κ1) is 16.1. The molecule has 0 aliphatic carbocycles. The Morgan fingerprint density at radius 1 is 1.24 bits per heavy atom. The number of thioether (sulfide) groups is 1. The second-order valence-electron chi connectivity index (χ2n) is 5.30. The summed E-state index contributed by atoms with van der Waals surface area (Å²) in [5.41, 5.74) is 0.780. The number of benzene rings is 1. The van der Waals surface area contributed by atoms with Crippen LogP contribution in [0.5, 0.6) is 0 Å². The van der Waals surface area contributed by atoms with Crippen LogP contribution in [0.25, 0.3) is 0 Å². The van der Waals surface area contributed by atoms with E-state index in [-0.39, 0.29) is 5.91 Å². The zero-order valence-corrected chi connectivity index (χ0v) is 14.1. The predicted molar refractivity (Wildman–Crippen MR) is 92.1 cm³/mol. The molecule has 0 spiro atoms. The van der Waals surface area contributed by atoms with Crippen LogP contribution in [0.2, 0.25) is 0 Å². The maximum absolute atomic E-state index is 12.3. The molecule has 112 valence electrons. The SMILES string of the molecule is CC(C)CCNC(=O)c1ccccc1SCc1cccs1. The van der Waals surface area contributed by atoms with E-state index in [9.17, 15) is 4.79 Å². The van der Waals surface area contributed by atoms with Crippen LogP contribution < -0.4 is 5.32 Å². The van der Waals surface area contributed by atoms with E-state index in [1.54, 1.807) is 23.1 Å². The molecule has 21 heavy (non-hydrogen) atoms. The second-order valence-corrected chi connectivity index (χ2v) is 7.35. The van der Waals surface area contributed by atoms with Gasteiger partial charge in [0.1, 0.15) is 0 Å². The second kappa shape index (κ2) is 8.25. The summed E-state index contributed by atoms with van der Waals surface area (Å²) in [5.74, 6) is 1.55. The van der Waals surface area contributed by atoms with Crippen molar-refractivity contribution in [2.45, 2.75) is 30.9 Å². The summed E-state index contributed by atoms with van der Waals surface area (Å²) < 4.78 is 0. The molecule has 1 amide bonds. The molecule has 2 nitrogen and oxygen atoms in total. The fraction of sp³-hybridized carbons (Fsp3) is 0.353. The Kier molecular flexibility index (Phi) is 6.33. The molecule has 0 atom stereocenters. The number of nitrogens with one attached hydrogen (secondary N) is 1. The highest BCUT2D eigenvalue weighted by molar-refractivity contribution is 7.98. The lowest BCUT2D eigenvalue weighted by Crippen LogP contribution is -2.25. The van der Waals surface area contributed by atoms with Crippen molar-refractivity contribution in [2.75, 3.05) is 6.54 Å². The van der Waals surface area contributed by atoms with Gasteiger partial charge in [-0.1, -0.05) is 32.0 Å². The molecule has 0 bridgehead atoms. The third kappa shape index (κ3) is 5.21. The van der Waals surface area contributed by atoms with Crippen molar-refractivity contribution < 1.29 is 4.79 Å². The van der Waals surface area contributed by atoms with Crippen LogP contribution in [-0.2, 0) is 5.75 Å². The van der Waals surface area contributed by atoms with Crippen molar-refractivity contribution in [1.29, 1.82) is 0 Å². The fourth-order valence-electron chi connectivity index (χ4n) is 1.89. The van der Waals surface area contributed by atoms with Crippen molar-refractivity contribution in [2.24, 2.45) is 5.92 Å². The summed E-state index contributed by atoms with van der Waals surface area (Å²) in [6, 6.07) is 12.0. The molecule has 0 aliphatic rings. The van der Waals surface area contributed by atoms with Crippen molar-refractivity contribution in [1.82, 2.24) is 5.32 Å². The zero-order chi connectivity index (χ0) is 15.1. The Labute approximate surface area is 135 Å². The van der Waals surface area contributed by atoms with Gasteiger partial charge in [-0.05, 0) is 35.9 Å². The molecule has 4 heteroatoms. The molecule has 0 fully saturated rings. The largest absolute Gasteiger partial charge is 0.352 e. The van der Waals surface area contributed by atoms with Gasteiger partial charge in [0.2, 0.25) is 0 Å². The highest BCUT2D eigenvalue weighted by Crippen LogP contribution is 2.27. The molecule has 0 saturated carbocycles. The van der Waals surface area contributed by atoms with E-state index in [1.165, 1.54) is 4.88 Å². The van der Waals surface area contributed by atoms with Gasteiger partial charge in [0.05, 0.1) is 5.56 Å². The van der Waals surface area contributed by atoms with Gasteiger partial charge in [-0.25, -0.2) is 0 Å². The van der Waals surface area contributed by atoms with E-state index in [0.717, 1.165) is 29.2 Å². The van der Waals surface area contributed by atoms with Gasteiger partial charge in [-0.2, -0.15) is 0 Å². The average molecular weight is 319 g/mol. The highest BCUT2D eigenvalue weighted by Gasteiger charge is 2.11. The van der Waals surface area contributed by atoms with Crippen molar-refractivity contribution >= 4 is 29.0 Å². The summed E-state index contributed by atoms with van der Waals surface area (Å²) in [5, 5.41) is 5.10. The van der Waals surface area contributed by atoms with E-state index < -0.39 is 0 Å². The highest BCUT2D eigenvalue weighted by atomic mass is 32.2. The quantitative estimate of drug-likeness (QED) is 0.742. The van der Waals surface area contributed by atoms with E-state index in [4.69, 9.17) is 0 Å². The lowest BCUT2D eigenvalue weighted by atomic mass is 10.1. The monoisotopic (exact) mass is 319 g/mol. The third-order valence-corrected chi connectivity index (χ3v) is 5.27. The number of carbonyl (C=O) groups excluding carboxylic acids is 1. The Morgan fingerprint density at radius 3 is 2.76 bits per heavy atom. The number of hydrogen-bond acceptors (Lipinski definition) is 3. The molecule has 1 aromatic carbocycles. The van der Waals surface area contributed by atoms with Crippen molar-refractivity contribution in [3.8, 4) is 0 Å². The zero-order valence-electron chi connectivity index (χ0n) is 12.5. The number of thiophene rings is 1. The molecule has 1 heterocycles. The molecular weight excluding hydrogens is 298 g/mol. The number of carbonyl (C=O) groups is 1. The topological polar surface area (TPSA) is 29.1 Å². The summed E-state index contributed by atoms with van der Waals surface area (Å²) >= 11 is 3.47. The van der Waals surface area contributed by atoms with Crippen LogP contribution in [-0.4, -0.2) is 12.5 Å². The Balaban J connectivity index is 1.97. The molecule has 0 aliphatic heterocycles. The smallest absolute Gasteiger partial charge is 0.252 e. The lowest BCUT2D eigenvalue weighted by Gasteiger charge is -2.10. The summed E-state index contributed by atoms with van der Waals surface area (Å²) in [6.07, 6.45) is 1.01. The van der Waals surface area contributed by atoms with Gasteiger partial charge in [-0.3, -0.25) is 4.79 Å². The van der Waals surface area contributed by atoms with Gasteiger partial charge in [0.15, 0.2) is 0 Å². The van der Waals surface area contributed by atoms with E-state index in [0.29, 0.717) is 5.92 Å². The molecule has 2 rings (SSSR count). The molecule has 0 saturated heterocycles. The first-order valence-corrected chi connectivity index (χ1v) is 9.05. The summed E-state index contributed by atoms with van der Waals surface area (Å²) in [7, 11) is 0. The maximum atomic E-state index is 12.3. The maximum Gasteiger partial charge on any atom is 0.252 e. The van der Waals surface area contributed by atoms with Gasteiger partial charge >= 0.3 is 0 Å². The normalized spacial score (nSPS) is 10.8. The number of rotatable bonds is 7. The van der Waals surface area contributed by atoms with Crippen LogP contribution in [0.1, 0.15) is 35.5 Å². The first-order chi connectivity index (χ1) is 10.2. The fourth-order valence-corrected chi connectivity index (χ4v) is 3.72. The van der Waals surface area contributed by atoms with E-state index >= 15 is 0 Å². The molecule has 0 radical (unpaired) electrons. The van der Waals surface area contributed by atoms with Gasteiger partial charge in [0.25, 0.3) is 5.91 Å². The van der Waals surface area contributed by atoms with E-state index in [2.05, 4.69) is 36.7 Å². The standard InChI is InChI=1S/C17H21NOS2/c1-13(2)9-10-18-17(19)15-7-3-4-8-16(15)21-12-14-6-5-11-20-14/h3-8,11,13H,9-10,12H2,1-2H3,(H,18,19). The number of amides is 1. The van der Waals surface area contributed by atoms with Gasteiger partial charge in [-0.15, -0.1) is 23.1 Å². The predicted octanol–water partition coefficient (Wildman–Crippen LogP) is 4.82.